The molecule has 298 valence electrons. The van der Waals surface area contributed by atoms with Gasteiger partial charge < -0.3 is 69.6 Å². The number of aliphatic hydroxyl groups is 7. The Morgan fingerprint density at radius 1 is 0.833 bits per heavy atom. The van der Waals surface area contributed by atoms with Crippen molar-refractivity contribution < 1.29 is 84.0 Å². The molecular weight excluding hydrogens is 716 g/mol. The van der Waals surface area contributed by atoms with Crippen molar-refractivity contribution in [1.29, 1.82) is 0 Å². The Morgan fingerprint density at radius 3 is 2.22 bits per heavy atom. The van der Waals surface area contributed by atoms with E-state index in [0.717, 1.165) is 18.2 Å². The second-order valence-electron chi connectivity index (χ2n) is 16.1. The van der Waals surface area contributed by atoms with Crippen LogP contribution in [0.3, 0.4) is 0 Å². The number of aliphatic hydroxyl groups excluding tert-OH is 4. The Bertz CT molecular complexity index is 1730. The van der Waals surface area contributed by atoms with E-state index >= 15 is 0 Å². The minimum absolute atomic E-state index is 0.0794. The number of Topliss-reactive ketones (excluding diaryl/α,β-unsaturated/α-hetero) is 3. The van der Waals surface area contributed by atoms with Crippen LogP contribution in [-0.2, 0) is 28.5 Å². The van der Waals surface area contributed by atoms with Crippen molar-refractivity contribution in [1.82, 2.24) is 0 Å². The predicted octanol–water partition coefficient (Wildman–Crippen LogP) is -0.811. The number of allylic oxidation sites excluding steroid dienone is 1. The summed E-state index contributed by atoms with van der Waals surface area (Å²) >= 11 is 0. The van der Waals surface area contributed by atoms with E-state index < -0.39 is 161 Å². The quantitative estimate of drug-likeness (QED) is 0.166. The lowest BCUT2D eigenvalue weighted by Crippen LogP contribution is -2.73. The minimum Gasteiger partial charge on any atom is -0.507 e. The maximum Gasteiger partial charge on any atom is 0.184 e. The molecule has 7 rings (SSSR count). The Kier molecular flexibility index (Phi) is 9.93. The number of ketones is 3. The van der Waals surface area contributed by atoms with Crippen LogP contribution in [-0.4, -0.2) is 148 Å². The molecular formula is C37H48O17. The molecule has 0 spiro atoms. The molecule has 0 bridgehead atoms. The first-order valence-electron chi connectivity index (χ1n) is 18.3. The van der Waals surface area contributed by atoms with Crippen LogP contribution in [0.5, 0.6) is 11.5 Å². The summed E-state index contributed by atoms with van der Waals surface area (Å²) < 4.78 is 29.5. The maximum atomic E-state index is 14.1. The smallest absolute Gasteiger partial charge is 0.184 e. The number of carbonyl (C=O) groups is 3. The van der Waals surface area contributed by atoms with Gasteiger partial charge in [-0.2, -0.15) is 0 Å². The minimum atomic E-state index is -2.81. The summed E-state index contributed by atoms with van der Waals surface area (Å²) in [6.07, 6.45) is -11.2. The van der Waals surface area contributed by atoms with Gasteiger partial charge in [0.2, 0.25) is 0 Å². The third-order valence-corrected chi connectivity index (χ3v) is 12.1. The topological polar surface area (TPSA) is 279 Å². The monoisotopic (exact) mass is 764 g/mol. The van der Waals surface area contributed by atoms with Gasteiger partial charge in [-0.05, 0) is 40.2 Å². The van der Waals surface area contributed by atoms with Gasteiger partial charge in [0.25, 0.3) is 0 Å². The number of hydrogen-bond donors (Lipinski definition) is 9. The lowest BCUT2D eigenvalue weighted by Gasteiger charge is -2.55. The molecule has 9 N–H and O–H groups in total. The fourth-order valence-electron chi connectivity index (χ4n) is 9.14. The number of fused-ring (bicyclic) bond motifs is 4. The lowest BCUT2D eigenvalue weighted by molar-refractivity contribution is -0.323. The normalized spacial score (nSPS) is 47.9. The van der Waals surface area contributed by atoms with Crippen LogP contribution < -0.4 is 0 Å². The molecule has 17 nitrogen and oxygen atoms in total. The molecule has 3 aliphatic heterocycles. The van der Waals surface area contributed by atoms with E-state index in [-0.39, 0.29) is 12.8 Å². The van der Waals surface area contributed by atoms with Crippen LogP contribution in [0.1, 0.15) is 92.2 Å². The number of benzene rings is 1. The van der Waals surface area contributed by atoms with Gasteiger partial charge in [-0.15, -0.1) is 0 Å². The van der Waals surface area contributed by atoms with Crippen LogP contribution in [0, 0.1) is 11.8 Å². The molecule has 6 aliphatic rings. The summed E-state index contributed by atoms with van der Waals surface area (Å²) in [7, 11) is 0. The standard InChI is InChI=1S/C37H48O17/c1-13-18(38)10-20(40)34(52-13)53-21-5-6-23(50-14(21)2)54-33-27(42)15(3)51-32(31(33)46)25-19(39)9-17-24(30(25)45)28(43)16-7-8-36(48)12-35(4,47)11-22(41)37(36,49)26(16)29(17)44/h7-9,13-16,18,20-21,23,26-27,31-34,38-40,42,45-49H,5-6,10-12H2,1-4H3/t13-,14+,15-,16?,18+,20-,21+,23+,26?,27-,31+,32+,33+,34+,35+,36+,37+/m1/s1. The first kappa shape index (κ1) is 39.3. The third-order valence-electron chi connectivity index (χ3n) is 12.1. The molecule has 4 fully saturated rings. The van der Waals surface area contributed by atoms with Crippen LogP contribution in [0.15, 0.2) is 18.2 Å². The molecule has 3 aliphatic carbocycles. The van der Waals surface area contributed by atoms with Gasteiger partial charge in [-0.25, -0.2) is 0 Å². The highest BCUT2D eigenvalue weighted by Gasteiger charge is 2.70. The molecule has 1 aromatic carbocycles. The molecule has 1 saturated carbocycles. The van der Waals surface area contributed by atoms with Gasteiger partial charge in [0.05, 0.1) is 59.1 Å². The van der Waals surface area contributed by atoms with Crippen LogP contribution in [0.2, 0.25) is 0 Å². The molecule has 17 atom stereocenters. The van der Waals surface area contributed by atoms with Crippen LogP contribution in [0.25, 0.3) is 0 Å². The van der Waals surface area contributed by atoms with E-state index in [2.05, 4.69) is 0 Å². The molecule has 1 aromatic rings. The molecule has 2 unspecified atom stereocenters. The van der Waals surface area contributed by atoms with E-state index in [4.69, 9.17) is 23.7 Å². The van der Waals surface area contributed by atoms with Crippen LogP contribution in [0.4, 0.5) is 0 Å². The van der Waals surface area contributed by atoms with E-state index in [1.165, 1.54) is 13.8 Å². The van der Waals surface area contributed by atoms with Gasteiger partial charge in [-0.1, -0.05) is 12.2 Å². The van der Waals surface area contributed by atoms with E-state index in [0.29, 0.717) is 6.42 Å². The first-order valence-corrected chi connectivity index (χ1v) is 18.3. The Morgan fingerprint density at radius 2 is 1.54 bits per heavy atom. The summed E-state index contributed by atoms with van der Waals surface area (Å²) in [5.74, 6) is -8.08. The van der Waals surface area contributed by atoms with E-state index in [9.17, 15) is 60.3 Å². The van der Waals surface area contributed by atoms with Gasteiger partial charge in [0.15, 0.2) is 35.5 Å². The molecule has 3 heterocycles. The second-order valence-corrected chi connectivity index (χ2v) is 16.1. The molecule has 17 heteroatoms. The first-order chi connectivity index (χ1) is 25.2. The zero-order valence-corrected chi connectivity index (χ0v) is 30.1. The van der Waals surface area contributed by atoms with Gasteiger partial charge >= 0.3 is 0 Å². The maximum absolute atomic E-state index is 14.1. The Hall–Kier alpha value is -2.91. The number of hydrogen-bond acceptors (Lipinski definition) is 17. The highest BCUT2D eigenvalue weighted by atomic mass is 16.7. The number of ether oxygens (including phenoxy) is 5. The number of aromatic hydroxyl groups is 2. The largest absolute Gasteiger partial charge is 0.507 e. The highest BCUT2D eigenvalue weighted by molar-refractivity contribution is 6.20. The van der Waals surface area contributed by atoms with E-state index in [1.54, 1.807) is 13.8 Å². The number of rotatable bonds is 5. The van der Waals surface area contributed by atoms with Crippen LogP contribution >= 0.6 is 0 Å². The van der Waals surface area contributed by atoms with Crippen molar-refractivity contribution in [3.63, 3.8) is 0 Å². The van der Waals surface area contributed by atoms with Crippen molar-refractivity contribution in [2.24, 2.45) is 11.8 Å². The SMILES string of the molecule is C[C@@H]1O[C@@H](O[C@@H]2[C@@H](O)[C@H](c3c(O)cc4c(c3O)C(=O)C3C=C[C@]5(O)C[C@@](C)(O)CC(=O)[C@]5(O)C3C4=O)O[C@H](C)[C@H]2O)CC[C@@H]1O[C@@H]1O[C@H](C)[C@@H](O)C[C@H]1O. The van der Waals surface area contributed by atoms with Crippen molar-refractivity contribution in [3.8, 4) is 11.5 Å². The average Bonchev–Trinajstić information content (AvgIpc) is 3.07. The molecule has 0 radical (unpaired) electrons. The predicted molar refractivity (Wildman–Crippen MR) is 179 cm³/mol. The lowest BCUT2D eigenvalue weighted by atomic mass is 9.52. The fourth-order valence-corrected chi connectivity index (χ4v) is 9.14. The summed E-state index contributed by atoms with van der Waals surface area (Å²) in [5, 5.41) is 99.6. The summed E-state index contributed by atoms with van der Waals surface area (Å²) in [6.45, 7) is 6.12. The van der Waals surface area contributed by atoms with Crippen molar-refractivity contribution in [2.45, 2.75) is 150 Å². The second kappa shape index (κ2) is 13.6. The summed E-state index contributed by atoms with van der Waals surface area (Å²) in [6, 6.07) is 0.854. The van der Waals surface area contributed by atoms with Crippen molar-refractivity contribution >= 4 is 17.3 Å². The Balaban J connectivity index is 1.12. The van der Waals surface area contributed by atoms with Gasteiger partial charge in [0, 0.05) is 31.2 Å². The zero-order valence-electron chi connectivity index (χ0n) is 30.1. The molecule has 0 amide bonds. The summed E-state index contributed by atoms with van der Waals surface area (Å²) in [4.78, 5) is 41.4. The number of phenolic OH excluding ortho intramolecular Hbond substituents is 2. The summed E-state index contributed by atoms with van der Waals surface area (Å²) in [5.41, 5.74) is -8.52. The molecule has 0 aromatic heterocycles. The fraction of sp³-hybridized carbons (Fsp3) is 0.703. The third kappa shape index (κ3) is 6.13. The zero-order chi connectivity index (χ0) is 39.4. The van der Waals surface area contributed by atoms with Gasteiger partial charge in [-0.3, -0.25) is 14.4 Å². The number of phenols is 2. The number of carbonyl (C=O) groups excluding carboxylic acids is 3. The average molecular weight is 765 g/mol. The Labute approximate surface area is 309 Å². The molecule has 54 heavy (non-hydrogen) atoms. The highest BCUT2D eigenvalue weighted by Crippen LogP contribution is 2.55. The van der Waals surface area contributed by atoms with Crippen molar-refractivity contribution in [3.05, 3.63) is 34.9 Å². The van der Waals surface area contributed by atoms with Crippen molar-refractivity contribution in [2.75, 3.05) is 0 Å². The van der Waals surface area contributed by atoms with E-state index in [1.807, 2.05) is 0 Å². The molecule has 3 saturated heterocycles. The van der Waals surface area contributed by atoms with Gasteiger partial charge in [0.1, 0.15) is 47.6 Å².